The van der Waals surface area contributed by atoms with Crippen LogP contribution < -0.4 is 4.90 Å². The van der Waals surface area contributed by atoms with Gasteiger partial charge in [0.05, 0.1) is 17.9 Å². The van der Waals surface area contributed by atoms with Crippen molar-refractivity contribution in [1.82, 2.24) is 0 Å². The zero-order valence-electron chi connectivity index (χ0n) is 15.5. The van der Waals surface area contributed by atoms with Crippen LogP contribution in [0, 0.1) is 4.91 Å². The molecule has 0 atom stereocenters. The van der Waals surface area contributed by atoms with Gasteiger partial charge in [-0.25, -0.2) is 4.79 Å². The molecule has 0 unspecified atom stereocenters. The van der Waals surface area contributed by atoms with Gasteiger partial charge in [-0.15, -0.1) is 4.91 Å². The first kappa shape index (κ1) is 20.0. The summed E-state index contributed by atoms with van der Waals surface area (Å²) in [6.07, 6.45) is 0. The lowest BCUT2D eigenvalue weighted by atomic mass is 10.2. The molecule has 0 aromatic heterocycles. The fraction of sp³-hybridized carbons (Fsp3) is 0.250. The van der Waals surface area contributed by atoms with Gasteiger partial charge in [-0.1, -0.05) is 6.58 Å². The average Bonchev–Trinajstić information content (AvgIpc) is 2.70. The maximum atomic E-state index is 11.4. The molecule has 140 valence electrons. The molecule has 0 bridgehead atoms. The van der Waals surface area contributed by atoms with Gasteiger partial charge in [-0.05, 0) is 67.6 Å². The predicted molar refractivity (Wildman–Crippen MR) is 106 cm³/mol. The zero-order valence-corrected chi connectivity index (χ0v) is 15.5. The lowest BCUT2D eigenvalue weighted by Crippen LogP contribution is -2.28. The Bertz CT molecular complexity index is 814. The van der Waals surface area contributed by atoms with Crippen LogP contribution in [0.1, 0.15) is 13.8 Å². The summed E-state index contributed by atoms with van der Waals surface area (Å²) in [5, 5.41) is 11.2. The maximum absolute atomic E-state index is 11.4. The molecule has 2 aromatic carbocycles. The van der Waals surface area contributed by atoms with Gasteiger partial charge < -0.3 is 9.64 Å². The fourth-order valence-corrected chi connectivity index (χ4v) is 2.27. The number of carbonyl (C=O) groups is 1. The summed E-state index contributed by atoms with van der Waals surface area (Å²) in [4.78, 5) is 23.9. The van der Waals surface area contributed by atoms with Crippen molar-refractivity contribution in [3.05, 3.63) is 65.6 Å². The van der Waals surface area contributed by atoms with Crippen molar-refractivity contribution in [1.29, 1.82) is 0 Å². The van der Waals surface area contributed by atoms with Crippen LogP contribution in [-0.4, -0.2) is 25.7 Å². The first-order valence-electron chi connectivity index (χ1n) is 8.56. The normalized spacial score (nSPS) is 10.6. The molecule has 2 aromatic rings. The minimum absolute atomic E-state index is 0.298. The SMILES string of the molecule is C=C(C)C(=O)OCCN(CC)c1ccc(N=Nc2ccc(N=O)cc2)cc1. The Balaban J connectivity index is 1.95. The highest BCUT2D eigenvalue weighted by molar-refractivity contribution is 5.86. The second-order valence-electron chi connectivity index (χ2n) is 5.82. The molecule has 0 radical (unpaired) electrons. The number of carbonyl (C=O) groups excluding carboxylic acids is 1. The van der Waals surface area contributed by atoms with Crippen molar-refractivity contribution in [2.45, 2.75) is 13.8 Å². The van der Waals surface area contributed by atoms with Crippen LogP contribution in [-0.2, 0) is 9.53 Å². The first-order valence-corrected chi connectivity index (χ1v) is 8.56. The largest absolute Gasteiger partial charge is 0.460 e. The van der Waals surface area contributed by atoms with Crippen LogP contribution >= 0.6 is 0 Å². The van der Waals surface area contributed by atoms with E-state index in [2.05, 4.69) is 26.9 Å². The van der Waals surface area contributed by atoms with E-state index in [4.69, 9.17) is 4.74 Å². The van der Waals surface area contributed by atoms with E-state index in [0.29, 0.717) is 35.8 Å². The molecule has 0 saturated carbocycles. The third-order valence-corrected chi connectivity index (χ3v) is 3.78. The van der Waals surface area contributed by atoms with E-state index in [0.717, 1.165) is 12.2 Å². The van der Waals surface area contributed by atoms with Crippen molar-refractivity contribution in [2.24, 2.45) is 15.4 Å². The highest BCUT2D eigenvalue weighted by atomic mass is 16.5. The first-order chi connectivity index (χ1) is 13.0. The molecule has 0 aliphatic rings. The molecule has 0 saturated heterocycles. The molecule has 7 nitrogen and oxygen atoms in total. The number of esters is 1. The highest BCUT2D eigenvalue weighted by Crippen LogP contribution is 2.23. The van der Waals surface area contributed by atoms with E-state index in [1.807, 2.05) is 31.2 Å². The number of hydrogen-bond donors (Lipinski definition) is 0. The Morgan fingerprint density at radius 2 is 1.52 bits per heavy atom. The van der Waals surface area contributed by atoms with Gasteiger partial charge in [0, 0.05) is 17.8 Å². The Kier molecular flexibility index (Phi) is 7.37. The molecule has 7 heteroatoms. The van der Waals surface area contributed by atoms with Crippen molar-refractivity contribution < 1.29 is 9.53 Å². The molecule has 0 heterocycles. The van der Waals surface area contributed by atoms with Crippen molar-refractivity contribution in [2.75, 3.05) is 24.6 Å². The molecule has 0 fully saturated rings. The standard InChI is InChI=1S/C20H22N4O3/c1-4-24(13-14-27-20(25)15(2)3)19-11-9-17(10-12-19)22-21-16-5-7-18(23-26)8-6-16/h5-12H,2,4,13-14H2,1,3H3. The van der Waals surface area contributed by atoms with Gasteiger partial charge in [0.1, 0.15) is 12.3 Å². The Morgan fingerprint density at radius 3 is 2.00 bits per heavy atom. The Morgan fingerprint density at radius 1 is 1.00 bits per heavy atom. The molecule has 2 rings (SSSR count). The third-order valence-electron chi connectivity index (χ3n) is 3.78. The molecule has 0 aliphatic heterocycles. The highest BCUT2D eigenvalue weighted by Gasteiger charge is 2.07. The summed E-state index contributed by atoms with van der Waals surface area (Å²) < 4.78 is 5.15. The quantitative estimate of drug-likeness (QED) is 0.256. The Hall–Kier alpha value is -3.35. The summed E-state index contributed by atoms with van der Waals surface area (Å²) in [7, 11) is 0. The molecule has 27 heavy (non-hydrogen) atoms. The van der Waals surface area contributed by atoms with Gasteiger partial charge in [-0.3, -0.25) is 0 Å². The second kappa shape index (κ2) is 9.96. The smallest absolute Gasteiger partial charge is 0.333 e. The monoisotopic (exact) mass is 366 g/mol. The third kappa shape index (κ3) is 6.14. The summed E-state index contributed by atoms with van der Waals surface area (Å²) >= 11 is 0. The molecule has 0 N–H and O–H groups in total. The zero-order chi connectivity index (χ0) is 19.6. The van der Waals surface area contributed by atoms with E-state index in [-0.39, 0.29) is 5.97 Å². The molecular formula is C20H22N4O3. The van der Waals surface area contributed by atoms with Gasteiger partial charge in [-0.2, -0.15) is 10.2 Å². The lowest BCUT2D eigenvalue weighted by molar-refractivity contribution is -0.138. The minimum atomic E-state index is -0.376. The summed E-state index contributed by atoms with van der Waals surface area (Å²) in [5.74, 6) is -0.376. The maximum Gasteiger partial charge on any atom is 0.333 e. The van der Waals surface area contributed by atoms with Crippen LogP contribution in [0.25, 0.3) is 0 Å². The van der Waals surface area contributed by atoms with E-state index in [9.17, 15) is 9.70 Å². The Labute approximate surface area is 158 Å². The van der Waals surface area contributed by atoms with Crippen LogP contribution in [0.3, 0.4) is 0 Å². The summed E-state index contributed by atoms with van der Waals surface area (Å²) in [6, 6.07) is 14.1. The van der Waals surface area contributed by atoms with Gasteiger partial charge in [0.15, 0.2) is 0 Å². The number of rotatable bonds is 9. The van der Waals surface area contributed by atoms with Crippen LogP contribution in [0.5, 0.6) is 0 Å². The number of likely N-dealkylation sites (N-methyl/N-ethyl adjacent to an activating group) is 1. The van der Waals surface area contributed by atoms with Crippen LogP contribution in [0.4, 0.5) is 22.7 Å². The summed E-state index contributed by atoms with van der Waals surface area (Å²) in [6.45, 7) is 8.89. The van der Waals surface area contributed by atoms with E-state index in [1.165, 1.54) is 0 Å². The number of benzene rings is 2. The summed E-state index contributed by atoms with van der Waals surface area (Å²) in [5.41, 5.74) is 3.10. The topological polar surface area (TPSA) is 83.7 Å². The number of hydrogen-bond acceptors (Lipinski definition) is 7. The fourth-order valence-electron chi connectivity index (χ4n) is 2.27. The predicted octanol–water partition coefficient (Wildman–Crippen LogP) is 5.45. The van der Waals surface area contributed by atoms with E-state index >= 15 is 0 Å². The minimum Gasteiger partial charge on any atom is -0.460 e. The number of azo groups is 1. The molecule has 0 aliphatic carbocycles. The van der Waals surface area contributed by atoms with E-state index < -0.39 is 0 Å². The molecular weight excluding hydrogens is 344 g/mol. The number of anilines is 1. The van der Waals surface area contributed by atoms with Crippen LogP contribution in [0.2, 0.25) is 0 Å². The lowest BCUT2D eigenvalue weighted by Gasteiger charge is -2.22. The van der Waals surface area contributed by atoms with E-state index in [1.54, 1.807) is 31.2 Å². The van der Waals surface area contributed by atoms with Crippen LogP contribution in [0.15, 0.2) is 76.1 Å². The second-order valence-corrected chi connectivity index (χ2v) is 5.82. The number of nitrogens with zero attached hydrogens (tertiary/aromatic N) is 4. The van der Waals surface area contributed by atoms with Gasteiger partial charge >= 0.3 is 5.97 Å². The molecule has 0 spiro atoms. The van der Waals surface area contributed by atoms with Crippen molar-refractivity contribution >= 4 is 28.7 Å². The van der Waals surface area contributed by atoms with Gasteiger partial charge in [0.25, 0.3) is 0 Å². The number of nitroso groups, excluding NO2 is 1. The number of ether oxygens (including phenoxy) is 1. The molecule has 0 amide bonds. The van der Waals surface area contributed by atoms with Crippen molar-refractivity contribution in [3.63, 3.8) is 0 Å². The van der Waals surface area contributed by atoms with Gasteiger partial charge in [0.2, 0.25) is 0 Å². The average molecular weight is 366 g/mol. The van der Waals surface area contributed by atoms with Crippen molar-refractivity contribution in [3.8, 4) is 0 Å².